The molecule has 2 atom stereocenters. The Bertz CT molecular complexity index is 667. The molecule has 0 fully saturated rings. The van der Waals surface area contributed by atoms with E-state index in [1.807, 2.05) is 6.07 Å². The van der Waals surface area contributed by atoms with Gasteiger partial charge in [0, 0.05) is 13.0 Å². The smallest absolute Gasteiger partial charge is 0.231 e. The molecule has 23 heavy (non-hydrogen) atoms. The molecule has 5 heteroatoms. The summed E-state index contributed by atoms with van der Waals surface area (Å²) >= 11 is 0. The Balaban J connectivity index is 1.83. The van der Waals surface area contributed by atoms with Crippen molar-refractivity contribution in [1.82, 2.24) is 5.32 Å². The Morgan fingerprint density at radius 2 is 2.00 bits per heavy atom. The van der Waals surface area contributed by atoms with E-state index in [9.17, 15) is 4.79 Å². The zero-order valence-electron chi connectivity index (χ0n) is 13.3. The van der Waals surface area contributed by atoms with Gasteiger partial charge in [-0.25, -0.2) is 0 Å². The van der Waals surface area contributed by atoms with Gasteiger partial charge in [-0.2, -0.15) is 0 Å². The summed E-state index contributed by atoms with van der Waals surface area (Å²) in [5.41, 5.74) is 3.52. The van der Waals surface area contributed by atoms with Crippen LogP contribution < -0.4 is 14.8 Å². The molecule has 1 aliphatic carbocycles. The summed E-state index contributed by atoms with van der Waals surface area (Å²) in [6, 6.07) is 4.11. The van der Waals surface area contributed by atoms with Crippen molar-refractivity contribution in [3.05, 3.63) is 34.9 Å². The van der Waals surface area contributed by atoms with Gasteiger partial charge in [-0.3, -0.25) is 4.79 Å². The number of benzene rings is 1. The first-order chi connectivity index (χ1) is 11.3. The number of ether oxygens (including phenoxy) is 3. The van der Waals surface area contributed by atoms with Gasteiger partial charge in [0.05, 0.1) is 0 Å². The fraction of sp³-hybridized carbons (Fsp3) is 0.500. The molecule has 0 bridgehead atoms. The largest absolute Gasteiger partial charge is 0.454 e. The minimum absolute atomic E-state index is 0.00454. The molecule has 0 saturated carbocycles. The van der Waals surface area contributed by atoms with E-state index < -0.39 is 6.10 Å². The molecule has 0 spiro atoms. The van der Waals surface area contributed by atoms with E-state index in [1.165, 1.54) is 11.1 Å². The van der Waals surface area contributed by atoms with Crippen molar-refractivity contribution in [2.24, 2.45) is 0 Å². The third-order valence-corrected chi connectivity index (χ3v) is 4.92. The fourth-order valence-corrected chi connectivity index (χ4v) is 3.83. The Kier molecular flexibility index (Phi) is 3.83. The highest BCUT2D eigenvalue weighted by atomic mass is 16.7. The van der Waals surface area contributed by atoms with Gasteiger partial charge in [-0.15, -0.1) is 0 Å². The molecule has 0 radical (unpaired) electrons. The normalized spacial score (nSPS) is 26.5. The van der Waals surface area contributed by atoms with Gasteiger partial charge in [0.1, 0.15) is 6.10 Å². The highest BCUT2D eigenvalue weighted by Gasteiger charge is 2.39. The number of rotatable bonds is 1. The van der Waals surface area contributed by atoms with Crippen molar-refractivity contribution in [3.8, 4) is 11.5 Å². The molecule has 2 heterocycles. The van der Waals surface area contributed by atoms with E-state index in [2.05, 4.69) is 11.4 Å². The lowest BCUT2D eigenvalue weighted by molar-refractivity contribution is -0.123. The van der Waals surface area contributed by atoms with Crippen molar-refractivity contribution in [2.75, 3.05) is 27.0 Å². The minimum Gasteiger partial charge on any atom is -0.454 e. The third-order valence-electron chi connectivity index (χ3n) is 4.92. The van der Waals surface area contributed by atoms with Gasteiger partial charge in [0.2, 0.25) is 6.79 Å². The third kappa shape index (κ3) is 2.54. The molecular weight excluding hydrogens is 294 g/mol. The Labute approximate surface area is 135 Å². The molecule has 0 saturated heterocycles. The number of fused-ring (bicyclic) bond motifs is 4. The second-order valence-electron chi connectivity index (χ2n) is 6.26. The predicted octanol–water partition coefficient (Wildman–Crippen LogP) is 1.95. The monoisotopic (exact) mass is 315 g/mol. The average Bonchev–Trinajstić information content (AvgIpc) is 3.12. The number of carbonyl (C=O) groups excluding carboxylic acids is 1. The highest BCUT2D eigenvalue weighted by Crippen LogP contribution is 2.44. The molecule has 4 rings (SSSR count). The molecular formula is C18H21NO4. The van der Waals surface area contributed by atoms with Crippen LogP contribution in [0.1, 0.15) is 29.9 Å². The first kappa shape index (κ1) is 14.7. The van der Waals surface area contributed by atoms with E-state index in [-0.39, 0.29) is 18.5 Å². The van der Waals surface area contributed by atoms with Crippen LogP contribution >= 0.6 is 0 Å². The number of carbonyl (C=O) groups is 1. The summed E-state index contributed by atoms with van der Waals surface area (Å²) in [5, 5.41) is 3.46. The zero-order chi connectivity index (χ0) is 15.8. The van der Waals surface area contributed by atoms with Crippen LogP contribution in [0.4, 0.5) is 0 Å². The van der Waals surface area contributed by atoms with Crippen LogP contribution in [0.2, 0.25) is 0 Å². The van der Waals surface area contributed by atoms with Crippen LogP contribution in [0.5, 0.6) is 11.5 Å². The molecule has 0 aromatic heterocycles. The van der Waals surface area contributed by atoms with Crippen molar-refractivity contribution in [1.29, 1.82) is 0 Å². The van der Waals surface area contributed by atoms with E-state index in [0.717, 1.165) is 49.4 Å². The molecule has 0 amide bonds. The molecule has 1 aromatic carbocycles. The summed E-state index contributed by atoms with van der Waals surface area (Å²) in [6.07, 6.45) is 4.22. The number of methoxy groups -OCH3 is 1. The molecule has 5 nitrogen and oxygen atoms in total. The van der Waals surface area contributed by atoms with E-state index in [4.69, 9.17) is 14.2 Å². The van der Waals surface area contributed by atoms with Gasteiger partial charge in [0.25, 0.3) is 0 Å². The van der Waals surface area contributed by atoms with Crippen LogP contribution in [-0.4, -0.2) is 38.9 Å². The Morgan fingerprint density at radius 1 is 1.17 bits per heavy atom. The van der Waals surface area contributed by atoms with E-state index in [1.54, 1.807) is 13.2 Å². The SMILES string of the molecule is COC1C(=O)C=C2CCCNCCc3cc4c(cc3C21)OCO4. The molecule has 1 aromatic rings. The van der Waals surface area contributed by atoms with Gasteiger partial charge >= 0.3 is 0 Å². The maximum absolute atomic E-state index is 12.3. The second-order valence-corrected chi connectivity index (χ2v) is 6.26. The van der Waals surface area contributed by atoms with Crippen LogP contribution in [0.25, 0.3) is 0 Å². The predicted molar refractivity (Wildman–Crippen MR) is 85.0 cm³/mol. The van der Waals surface area contributed by atoms with E-state index in [0.29, 0.717) is 0 Å². The fourth-order valence-electron chi connectivity index (χ4n) is 3.83. The molecule has 1 N–H and O–H groups in total. The minimum atomic E-state index is -0.420. The summed E-state index contributed by atoms with van der Waals surface area (Å²) in [6.45, 7) is 2.15. The first-order valence-corrected chi connectivity index (χ1v) is 8.18. The van der Waals surface area contributed by atoms with Crippen molar-refractivity contribution in [2.45, 2.75) is 31.3 Å². The first-order valence-electron chi connectivity index (χ1n) is 8.18. The molecule has 2 unspecified atom stereocenters. The van der Waals surface area contributed by atoms with E-state index >= 15 is 0 Å². The maximum Gasteiger partial charge on any atom is 0.231 e. The topological polar surface area (TPSA) is 56.8 Å². The Hall–Kier alpha value is -1.85. The van der Waals surface area contributed by atoms with Gasteiger partial charge in [-0.05, 0) is 61.7 Å². The molecule has 122 valence electrons. The lowest BCUT2D eigenvalue weighted by Crippen LogP contribution is -2.27. The van der Waals surface area contributed by atoms with Crippen molar-refractivity contribution >= 4 is 5.78 Å². The lowest BCUT2D eigenvalue weighted by Gasteiger charge is -2.25. The highest BCUT2D eigenvalue weighted by molar-refractivity contribution is 5.99. The zero-order valence-corrected chi connectivity index (χ0v) is 13.3. The summed E-state index contributed by atoms with van der Waals surface area (Å²) < 4.78 is 16.6. The number of hydrogen-bond donors (Lipinski definition) is 1. The second kappa shape index (κ2) is 5.98. The quantitative estimate of drug-likeness (QED) is 0.858. The lowest BCUT2D eigenvalue weighted by atomic mass is 9.84. The van der Waals surface area contributed by atoms with Gasteiger partial charge < -0.3 is 19.5 Å². The number of ketones is 1. The maximum atomic E-state index is 12.3. The Morgan fingerprint density at radius 3 is 2.83 bits per heavy atom. The molecule has 3 aliphatic rings. The summed E-state index contributed by atoms with van der Waals surface area (Å²) in [4.78, 5) is 12.3. The number of hydrogen-bond acceptors (Lipinski definition) is 5. The summed E-state index contributed by atoms with van der Waals surface area (Å²) in [5.74, 6) is 1.63. The van der Waals surface area contributed by atoms with Crippen LogP contribution in [0, 0.1) is 0 Å². The average molecular weight is 315 g/mol. The van der Waals surface area contributed by atoms with Gasteiger partial charge in [-0.1, -0.05) is 5.57 Å². The molecule has 2 aliphatic heterocycles. The summed E-state index contributed by atoms with van der Waals surface area (Å²) in [7, 11) is 1.62. The standard InChI is InChI=1S/C18H21NO4/c1-21-18-14(20)7-12-3-2-5-19-6-4-11-8-15-16(23-10-22-15)9-13(11)17(12)18/h7-9,17-19H,2-6,10H2,1H3. The van der Waals surface area contributed by atoms with Crippen molar-refractivity contribution in [3.63, 3.8) is 0 Å². The number of nitrogens with one attached hydrogen (secondary N) is 1. The van der Waals surface area contributed by atoms with Crippen LogP contribution in [0.15, 0.2) is 23.8 Å². The van der Waals surface area contributed by atoms with Gasteiger partial charge in [0.15, 0.2) is 17.3 Å². The van der Waals surface area contributed by atoms with Crippen LogP contribution in [0.3, 0.4) is 0 Å². The van der Waals surface area contributed by atoms with Crippen LogP contribution in [-0.2, 0) is 16.0 Å². The van der Waals surface area contributed by atoms with Crippen molar-refractivity contribution < 1.29 is 19.0 Å².